The first kappa shape index (κ1) is 20.7. The molecule has 0 saturated carbocycles. The predicted octanol–water partition coefficient (Wildman–Crippen LogP) is 4.23. The highest BCUT2D eigenvalue weighted by molar-refractivity contribution is 9.10. The number of halogens is 1. The number of rotatable bonds is 6. The van der Waals surface area contributed by atoms with Crippen LogP contribution in [0, 0.1) is 0 Å². The van der Waals surface area contributed by atoms with Crippen LogP contribution in [0.4, 0.5) is 0 Å². The van der Waals surface area contributed by atoms with Gasteiger partial charge in [-0.2, -0.15) is 0 Å². The summed E-state index contributed by atoms with van der Waals surface area (Å²) < 4.78 is 11.9. The maximum Gasteiger partial charge on any atom is 0.276 e. The van der Waals surface area contributed by atoms with E-state index in [9.17, 15) is 9.59 Å². The standard InChI is InChI=1S/C22H21BrN2O4/c1-14(2)29-20-11-10-16(12-18(20)23)22(27)25-24-21(26)13-28-19-9-5-7-15-6-3-4-8-17(15)19/h3-12,14H,13H2,1-2H3,(H,24,26)(H,25,27). The molecule has 150 valence electrons. The van der Waals surface area contributed by atoms with Gasteiger partial charge in [0.15, 0.2) is 6.61 Å². The summed E-state index contributed by atoms with van der Waals surface area (Å²) in [5.41, 5.74) is 5.11. The van der Waals surface area contributed by atoms with E-state index >= 15 is 0 Å². The summed E-state index contributed by atoms with van der Waals surface area (Å²) >= 11 is 3.38. The Morgan fingerprint density at radius 3 is 2.48 bits per heavy atom. The highest BCUT2D eigenvalue weighted by Crippen LogP contribution is 2.27. The Hall–Kier alpha value is -3.06. The lowest BCUT2D eigenvalue weighted by atomic mass is 10.1. The van der Waals surface area contributed by atoms with Crippen LogP contribution in [0.15, 0.2) is 65.1 Å². The Labute approximate surface area is 177 Å². The third-order valence-electron chi connectivity index (χ3n) is 3.98. The number of amides is 2. The maximum absolute atomic E-state index is 12.3. The number of ether oxygens (including phenoxy) is 2. The number of fused-ring (bicyclic) bond motifs is 1. The van der Waals surface area contributed by atoms with Gasteiger partial charge in [-0.25, -0.2) is 0 Å². The molecule has 0 heterocycles. The van der Waals surface area contributed by atoms with Crippen molar-refractivity contribution in [3.63, 3.8) is 0 Å². The third-order valence-corrected chi connectivity index (χ3v) is 4.60. The van der Waals surface area contributed by atoms with Gasteiger partial charge in [0.25, 0.3) is 11.8 Å². The van der Waals surface area contributed by atoms with Crippen molar-refractivity contribution in [1.82, 2.24) is 10.9 Å². The Morgan fingerprint density at radius 1 is 0.966 bits per heavy atom. The second-order valence-electron chi connectivity index (χ2n) is 6.58. The maximum atomic E-state index is 12.3. The molecule has 29 heavy (non-hydrogen) atoms. The van der Waals surface area contributed by atoms with Crippen LogP contribution in [-0.4, -0.2) is 24.5 Å². The van der Waals surface area contributed by atoms with E-state index in [0.717, 1.165) is 10.8 Å². The lowest BCUT2D eigenvalue weighted by Crippen LogP contribution is -2.43. The zero-order valence-corrected chi connectivity index (χ0v) is 17.7. The lowest BCUT2D eigenvalue weighted by molar-refractivity contribution is -0.123. The minimum atomic E-state index is -0.467. The van der Waals surface area contributed by atoms with E-state index in [1.807, 2.05) is 50.2 Å². The fourth-order valence-electron chi connectivity index (χ4n) is 2.69. The quantitative estimate of drug-likeness (QED) is 0.544. The van der Waals surface area contributed by atoms with Gasteiger partial charge in [0.1, 0.15) is 11.5 Å². The van der Waals surface area contributed by atoms with Crippen molar-refractivity contribution in [1.29, 1.82) is 0 Å². The molecule has 2 amide bonds. The van der Waals surface area contributed by atoms with Crippen LogP contribution in [0.3, 0.4) is 0 Å². The minimum Gasteiger partial charge on any atom is -0.490 e. The number of hydrogen-bond donors (Lipinski definition) is 2. The molecule has 0 unspecified atom stereocenters. The van der Waals surface area contributed by atoms with Gasteiger partial charge in [-0.15, -0.1) is 0 Å². The monoisotopic (exact) mass is 456 g/mol. The Kier molecular flexibility index (Phi) is 6.72. The van der Waals surface area contributed by atoms with E-state index in [1.165, 1.54) is 0 Å². The highest BCUT2D eigenvalue weighted by Gasteiger charge is 2.12. The number of carbonyl (C=O) groups is 2. The van der Waals surface area contributed by atoms with Crippen LogP contribution in [0.1, 0.15) is 24.2 Å². The van der Waals surface area contributed by atoms with E-state index in [0.29, 0.717) is 21.5 Å². The molecule has 3 rings (SSSR count). The van der Waals surface area contributed by atoms with Gasteiger partial charge >= 0.3 is 0 Å². The normalized spacial score (nSPS) is 10.6. The molecule has 2 N–H and O–H groups in total. The summed E-state index contributed by atoms with van der Waals surface area (Å²) in [6.45, 7) is 3.62. The first-order valence-electron chi connectivity index (χ1n) is 9.10. The van der Waals surface area contributed by atoms with Crippen LogP contribution < -0.4 is 20.3 Å². The molecule has 0 aliphatic heterocycles. The summed E-state index contributed by atoms with van der Waals surface area (Å²) in [4.78, 5) is 24.3. The van der Waals surface area contributed by atoms with Gasteiger partial charge in [0, 0.05) is 10.9 Å². The van der Waals surface area contributed by atoms with Gasteiger partial charge in [-0.1, -0.05) is 36.4 Å². The molecule has 3 aromatic carbocycles. The first-order valence-corrected chi connectivity index (χ1v) is 9.89. The summed E-state index contributed by atoms with van der Waals surface area (Å²) in [5.74, 6) is 0.337. The van der Waals surface area contributed by atoms with E-state index < -0.39 is 11.8 Å². The van der Waals surface area contributed by atoms with Crippen molar-refractivity contribution in [2.24, 2.45) is 0 Å². The van der Waals surface area contributed by atoms with Gasteiger partial charge in [0.05, 0.1) is 10.6 Å². The van der Waals surface area contributed by atoms with Gasteiger partial charge in [-0.05, 0) is 59.4 Å². The number of hydrogen-bond acceptors (Lipinski definition) is 4. The summed E-state index contributed by atoms with van der Waals surface area (Å²) in [5, 5.41) is 1.94. The molecule has 0 spiro atoms. The van der Waals surface area contributed by atoms with E-state index in [1.54, 1.807) is 24.3 Å². The minimum absolute atomic E-state index is 0.0204. The van der Waals surface area contributed by atoms with Crippen LogP contribution in [-0.2, 0) is 4.79 Å². The zero-order chi connectivity index (χ0) is 20.8. The molecular formula is C22H21BrN2O4. The first-order chi connectivity index (χ1) is 13.9. The summed E-state index contributed by atoms with van der Waals surface area (Å²) in [6.07, 6.45) is 0.0204. The fraction of sp³-hybridized carbons (Fsp3) is 0.182. The Bertz CT molecular complexity index is 1030. The van der Waals surface area contributed by atoms with Crippen molar-refractivity contribution in [3.8, 4) is 11.5 Å². The van der Waals surface area contributed by atoms with Gasteiger partial charge in [0.2, 0.25) is 0 Å². The van der Waals surface area contributed by atoms with E-state index in [4.69, 9.17) is 9.47 Å². The fourth-order valence-corrected chi connectivity index (χ4v) is 3.16. The number of nitrogens with one attached hydrogen (secondary N) is 2. The molecule has 6 nitrogen and oxygen atoms in total. The number of benzene rings is 3. The van der Waals surface area contributed by atoms with Crippen LogP contribution in [0.25, 0.3) is 10.8 Å². The summed E-state index contributed by atoms with van der Waals surface area (Å²) in [6, 6.07) is 18.3. The average Bonchev–Trinajstić information content (AvgIpc) is 2.71. The molecule has 3 aromatic rings. The smallest absolute Gasteiger partial charge is 0.276 e. The Morgan fingerprint density at radius 2 is 1.72 bits per heavy atom. The summed E-state index contributed by atoms with van der Waals surface area (Å²) in [7, 11) is 0. The van der Waals surface area contributed by atoms with Crippen molar-refractivity contribution in [3.05, 3.63) is 70.7 Å². The van der Waals surface area contributed by atoms with Crippen molar-refractivity contribution in [2.45, 2.75) is 20.0 Å². The van der Waals surface area contributed by atoms with Crippen LogP contribution in [0.2, 0.25) is 0 Å². The molecule has 0 saturated heterocycles. The second kappa shape index (κ2) is 9.43. The van der Waals surface area contributed by atoms with E-state index in [2.05, 4.69) is 26.8 Å². The Balaban J connectivity index is 1.54. The SMILES string of the molecule is CC(C)Oc1ccc(C(=O)NNC(=O)COc2cccc3ccccc23)cc1Br. The molecule has 7 heteroatoms. The zero-order valence-electron chi connectivity index (χ0n) is 16.1. The largest absolute Gasteiger partial charge is 0.490 e. The topological polar surface area (TPSA) is 76.7 Å². The highest BCUT2D eigenvalue weighted by atomic mass is 79.9. The van der Waals surface area contributed by atoms with E-state index in [-0.39, 0.29) is 12.7 Å². The third kappa shape index (κ3) is 5.48. The lowest BCUT2D eigenvalue weighted by Gasteiger charge is -2.13. The molecule has 0 atom stereocenters. The van der Waals surface area contributed by atoms with Crippen LogP contribution >= 0.6 is 15.9 Å². The van der Waals surface area contributed by atoms with Gasteiger partial charge < -0.3 is 9.47 Å². The average molecular weight is 457 g/mol. The van der Waals surface area contributed by atoms with Crippen molar-refractivity contribution >= 4 is 38.5 Å². The molecule has 0 aromatic heterocycles. The second-order valence-corrected chi connectivity index (χ2v) is 7.43. The van der Waals surface area contributed by atoms with Crippen LogP contribution in [0.5, 0.6) is 11.5 Å². The molecular weight excluding hydrogens is 436 g/mol. The van der Waals surface area contributed by atoms with Gasteiger partial charge in [-0.3, -0.25) is 20.4 Å². The van der Waals surface area contributed by atoms with Crippen molar-refractivity contribution in [2.75, 3.05) is 6.61 Å². The molecule has 0 fully saturated rings. The molecule has 0 aliphatic rings. The van der Waals surface area contributed by atoms with Crippen molar-refractivity contribution < 1.29 is 19.1 Å². The molecule has 0 bridgehead atoms. The number of carbonyl (C=O) groups excluding carboxylic acids is 2. The molecule has 0 radical (unpaired) electrons. The molecule has 0 aliphatic carbocycles. The predicted molar refractivity (Wildman–Crippen MR) is 115 cm³/mol. The number of hydrazine groups is 1.